The third kappa shape index (κ3) is 3.98. The quantitative estimate of drug-likeness (QED) is 0.857. The smallest absolute Gasteiger partial charge is 0.326 e. The number of benzene rings is 2. The predicted octanol–water partition coefficient (Wildman–Crippen LogP) is 4.21. The molecule has 2 aromatic rings. The third-order valence-corrected chi connectivity index (χ3v) is 4.61. The number of allylic oxidation sites excluding steroid dienone is 1. The van der Waals surface area contributed by atoms with Crippen molar-refractivity contribution in [3.05, 3.63) is 65.6 Å². The van der Waals surface area contributed by atoms with E-state index in [1.165, 1.54) is 36.4 Å². The average Bonchev–Trinajstić information content (AvgIpc) is 2.69. The summed E-state index contributed by atoms with van der Waals surface area (Å²) >= 11 is 0. The molecule has 0 aliphatic carbocycles. The van der Waals surface area contributed by atoms with Crippen molar-refractivity contribution >= 4 is 17.5 Å². The van der Waals surface area contributed by atoms with Crippen molar-refractivity contribution in [2.24, 2.45) is 0 Å². The van der Waals surface area contributed by atoms with Gasteiger partial charge in [0.05, 0.1) is 20.3 Å². The van der Waals surface area contributed by atoms with Gasteiger partial charge in [0.15, 0.2) is 17.3 Å². The normalized spacial score (nSPS) is 16.1. The number of aryl methyl sites for hydroxylation is 1. The lowest BCUT2D eigenvalue weighted by atomic mass is 9.97. The second-order valence-corrected chi connectivity index (χ2v) is 6.41. The van der Waals surface area contributed by atoms with Crippen LogP contribution < -0.4 is 14.8 Å². The van der Waals surface area contributed by atoms with Gasteiger partial charge in [-0.2, -0.15) is 0 Å². The van der Waals surface area contributed by atoms with Crippen LogP contribution in [0.25, 0.3) is 0 Å². The Morgan fingerprint density at radius 1 is 1.14 bits per heavy atom. The number of halogens is 1. The molecule has 1 atom stereocenters. The molecular formula is C21H21FN2O4. The van der Waals surface area contributed by atoms with Gasteiger partial charge >= 0.3 is 6.03 Å². The minimum absolute atomic E-state index is 0.0966. The van der Waals surface area contributed by atoms with Crippen molar-refractivity contribution in [2.45, 2.75) is 19.4 Å². The van der Waals surface area contributed by atoms with E-state index in [0.29, 0.717) is 22.7 Å². The van der Waals surface area contributed by atoms with Gasteiger partial charge in [-0.3, -0.25) is 9.69 Å². The van der Waals surface area contributed by atoms with Crippen molar-refractivity contribution in [1.82, 2.24) is 4.90 Å². The lowest BCUT2D eigenvalue weighted by Gasteiger charge is -2.31. The van der Waals surface area contributed by atoms with E-state index in [-0.39, 0.29) is 18.0 Å². The number of anilines is 1. The molecule has 1 aliphatic heterocycles. The molecule has 146 valence electrons. The highest BCUT2D eigenvalue weighted by Gasteiger charge is 2.29. The molecule has 1 N–H and O–H groups in total. The predicted molar refractivity (Wildman–Crippen MR) is 103 cm³/mol. The highest BCUT2D eigenvalue weighted by Crippen LogP contribution is 2.34. The standard InChI is InChI=1S/C21H21FN2O4/c1-13-10-19(27-2)20(28-3)12-17(13)23-21(26)24-9-8-16(25)11-18(24)14-4-6-15(22)7-5-14/h4-10,12,18H,11H2,1-3H3,(H,23,26). The monoisotopic (exact) mass is 384 g/mol. The lowest BCUT2D eigenvalue weighted by molar-refractivity contribution is -0.116. The van der Waals surface area contributed by atoms with Crippen molar-refractivity contribution in [3.8, 4) is 11.5 Å². The third-order valence-electron chi connectivity index (χ3n) is 4.61. The number of carbonyl (C=O) groups excluding carboxylic acids is 2. The first-order valence-electron chi connectivity index (χ1n) is 8.71. The molecular weight excluding hydrogens is 363 g/mol. The Bertz CT molecular complexity index is 925. The molecule has 0 radical (unpaired) electrons. The van der Waals surface area contributed by atoms with Gasteiger partial charge in [-0.15, -0.1) is 0 Å². The van der Waals surface area contributed by atoms with Gasteiger partial charge < -0.3 is 14.8 Å². The largest absolute Gasteiger partial charge is 0.493 e. The zero-order valence-electron chi connectivity index (χ0n) is 15.9. The van der Waals surface area contributed by atoms with E-state index in [1.54, 1.807) is 31.4 Å². The second-order valence-electron chi connectivity index (χ2n) is 6.41. The number of rotatable bonds is 4. The zero-order valence-corrected chi connectivity index (χ0v) is 15.9. The van der Waals surface area contributed by atoms with Crippen LogP contribution in [0.5, 0.6) is 11.5 Å². The van der Waals surface area contributed by atoms with Gasteiger partial charge in [-0.1, -0.05) is 12.1 Å². The molecule has 1 aliphatic rings. The summed E-state index contributed by atoms with van der Waals surface area (Å²) in [4.78, 5) is 26.3. The number of nitrogens with zero attached hydrogens (tertiary/aromatic N) is 1. The van der Waals surface area contributed by atoms with Gasteiger partial charge in [0.2, 0.25) is 0 Å². The molecule has 0 saturated heterocycles. The summed E-state index contributed by atoms with van der Waals surface area (Å²) in [5, 5.41) is 2.85. The maximum Gasteiger partial charge on any atom is 0.326 e. The number of urea groups is 1. The van der Waals surface area contributed by atoms with E-state index >= 15 is 0 Å². The molecule has 0 fully saturated rings. The van der Waals surface area contributed by atoms with E-state index in [1.807, 2.05) is 6.92 Å². The Balaban J connectivity index is 1.88. The Morgan fingerprint density at radius 3 is 2.43 bits per heavy atom. The summed E-state index contributed by atoms with van der Waals surface area (Å²) in [6.45, 7) is 1.84. The van der Waals surface area contributed by atoms with Crippen molar-refractivity contribution in [3.63, 3.8) is 0 Å². The summed E-state index contributed by atoms with van der Waals surface area (Å²) in [5.74, 6) is 0.576. The first-order valence-corrected chi connectivity index (χ1v) is 8.71. The van der Waals surface area contributed by atoms with Crippen LogP contribution in [0, 0.1) is 12.7 Å². The minimum atomic E-state index is -0.515. The van der Waals surface area contributed by atoms with Crippen LogP contribution in [0.2, 0.25) is 0 Å². The number of carbonyl (C=O) groups is 2. The molecule has 2 aromatic carbocycles. The Kier molecular flexibility index (Phi) is 5.63. The minimum Gasteiger partial charge on any atom is -0.493 e. The van der Waals surface area contributed by atoms with Crippen molar-refractivity contribution in [2.75, 3.05) is 19.5 Å². The number of hydrogen-bond acceptors (Lipinski definition) is 4. The average molecular weight is 384 g/mol. The molecule has 1 heterocycles. The van der Waals surface area contributed by atoms with Gasteiger partial charge in [-0.25, -0.2) is 9.18 Å². The fourth-order valence-electron chi connectivity index (χ4n) is 3.09. The van der Waals surface area contributed by atoms with E-state index in [2.05, 4.69) is 5.32 Å². The van der Waals surface area contributed by atoms with E-state index < -0.39 is 12.1 Å². The lowest BCUT2D eigenvalue weighted by Crippen LogP contribution is -2.37. The number of hydrogen-bond donors (Lipinski definition) is 1. The van der Waals surface area contributed by atoms with Crippen molar-refractivity contribution in [1.29, 1.82) is 0 Å². The van der Waals surface area contributed by atoms with Crippen LogP contribution >= 0.6 is 0 Å². The highest BCUT2D eigenvalue weighted by molar-refractivity contribution is 5.96. The van der Waals surface area contributed by atoms with E-state index in [0.717, 1.165) is 5.56 Å². The molecule has 0 bridgehead atoms. The molecule has 0 aromatic heterocycles. The Morgan fingerprint density at radius 2 is 1.79 bits per heavy atom. The summed E-state index contributed by atoms with van der Waals surface area (Å²) < 4.78 is 23.8. The topological polar surface area (TPSA) is 67.9 Å². The first-order chi connectivity index (χ1) is 13.4. The summed E-state index contributed by atoms with van der Waals surface area (Å²) in [6.07, 6.45) is 2.94. The number of methoxy groups -OCH3 is 2. The maximum absolute atomic E-state index is 13.3. The molecule has 2 amide bonds. The Labute approximate surface area is 162 Å². The fraction of sp³-hybridized carbons (Fsp3) is 0.238. The second kappa shape index (κ2) is 8.12. The highest BCUT2D eigenvalue weighted by atomic mass is 19.1. The molecule has 0 saturated carbocycles. The summed E-state index contributed by atoms with van der Waals surface area (Å²) in [7, 11) is 3.06. The fourth-order valence-corrected chi connectivity index (χ4v) is 3.09. The molecule has 3 rings (SSSR count). The van der Waals surface area contributed by atoms with Crippen LogP contribution in [-0.4, -0.2) is 30.9 Å². The summed E-state index contributed by atoms with van der Waals surface area (Å²) in [6, 6.07) is 8.30. The number of ketones is 1. The van der Waals surface area contributed by atoms with Gasteiger partial charge in [0.25, 0.3) is 0 Å². The molecule has 1 unspecified atom stereocenters. The van der Waals surface area contributed by atoms with Crippen molar-refractivity contribution < 1.29 is 23.5 Å². The van der Waals surface area contributed by atoms with Gasteiger partial charge in [0.1, 0.15) is 5.82 Å². The van der Waals surface area contributed by atoms with Gasteiger partial charge in [0, 0.05) is 24.4 Å². The maximum atomic E-state index is 13.3. The van der Waals surface area contributed by atoms with Gasteiger partial charge in [-0.05, 0) is 42.3 Å². The SMILES string of the molecule is COc1cc(C)c(NC(=O)N2C=CC(=O)CC2c2ccc(F)cc2)cc1OC. The zero-order chi connectivity index (χ0) is 20.3. The van der Waals surface area contributed by atoms with Crippen LogP contribution in [0.3, 0.4) is 0 Å². The molecule has 6 nitrogen and oxygen atoms in total. The molecule has 0 spiro atoms. The number of ether oxygens (including phenoxy) is 2. The Hall–Kier alpha value is -3.35. The summed E-state index contributed by atoms with van der Waals surface area (Å²) in [5.41, 5.74) is 2.03. The number of amides is 2. The first kappa shape index (κ1) is 19.4. The van der Waals surface area contributed by atoms with Crippen LogP contribution in [0.15, 0.2) is 48.7 Å². The molecule has 28 heavy (non-hydrogen) atoms. The van der Waals surface area contributed by atoms with E-state index in [4.69, 9.17) is 9.47 Å². The van der Waals surface area contributed by atoms with Crippen LogP contribution in [-0.2, 0) is 4.79 Å². The molecule has 7 heteroatoms. The van der Waals surface area contributed by atoms with E-state index in [9.17, 15) is 14.0 Å². The van der Waals surface area contributed by atoms with Crippen LogP contribution in [0.1, 0.15) is 23.6 Å². The van der Waals surface area contributed by atoms with Crippen LogP contribution in [0.4, 0.5) is 14.9 Å². The number of nitrogens with one attached hydrogen (secondary N) is 1.